The van der Waals surface area contributed by atoms with Crippen molar-refractivity contribution in [1.29, 1.82) is 0 Å². The molecule has 0 bridgehead atoms. The Kier molecular flexibility index (Phi) is 5.58. The number of fused-ring (bicyclic) bond motifs is 1. The van der Waals surface area contributed by atoms with Crippen molar-refractivity contribution in [2.24, 2.45) is 4.99 Å². The minimum atomic E-state index is -0.628. The Morgan fingerprint density at radius 2 is 1.50 bits per heavy atom. The Morgan fingerprint density at radius 3 is 2.19 bits per heavy atom. The van der Waals surface area contributed by atoms with E-state index in [0.29, 0.717) is 6.61 Å². The predicted molar refractivity (Wildman–Crippen MR) is 137 cm³/mol. The molecule has 2 nitrogen and oxygen atoms in total. The van der Waals surface area contributed by atoms with Gasteiger partial charge >= 0.3 is 201 Å². The summed E-state index contributed by atoms with van der Waals surface area (Å²) >= 11 is -0.628. The summed E-state index contributed by atoms with van der Waals surface area (Å²) in [7, 11) is 0. The van der Waals surface area contributed by atoms with Gasteiger partial charge in [-0.3, -0.25) is 0 Å². The molecule has 4 aromatic rings. The molecule has 0 aliphatic carbocycles. The molecule has 1 heterocycles. The third-order valence-electron chi connectivity index (χ3n) is 5.67. The minimum absolute atomic E-state index is 0.203. The second kappa shape index (κ2) is 8.39. The molecule has 4 aromatic carbocycles. The first kappa shape index (κ1) is 21.3. The first-order valence-corrected chi connectivity index (χ1v) is 13.3. The van der Waals surface area contributed by atoms with Gasteiger partial charge in [0.25, 0.3) is 0 Å². The van der Waals surface area contributed by atoms with E-state index < -0.39 is 20.9 Å². The molecular formula is C29H27NOTe. The third kappa shape index (κ3) is 4.20. The van der Waals surface area contributed by atoms with E-state index in [9.17, 15) is 0 Å². The number of aliphatic imine (C=N–C) groups is 1. The van der Waals surface area contributed by atoms with Crippen molar-refractivity contribution < 1.29 is 4.74 Å². The van der Waals surface area contributed by atoms with Crippen molar-refractivity contribution in [2.45, 2.75) is 33.2 Å². The number of nitrogens with zero attached hydrogens (tertiary/aromatic N) is 1. The van der Waals surface area contributed by atoms with Gasteiger partial charge in [0.15, 0.2) is 0 Å². The molecule has 0 atom stereocenters. The van der Waals surface area contributed by atoms with Crippen LogP contribution in [0, 0.1) is 13.8 Å². The van der Waals surface area contributed by atoms with Gasteiger partial charge in [-0.1, -0.05) is 0 Å². The zero-order valence-corrected chi connectivity index (χ0v) is 21.3. The van der Waals surface area contributed by atoms with E-state index in [4.69, 9.17) is 9.73 Å². The molecule has 160 valence electrons. The van der Waals surface area contributed by atoms with E-state index in [-0.39, 0.29) is 5.54 Å². The number of benzene rings is 4. The first-order valence-electron chi connectivity index (χ1n) is 11.0. The van der Waals surface area contributed by atoms with Gasteiger partial charge in [-0.15, -0.1) is 0 Å². The number of hydrogen-bond acceptors (Lipinski definition) is 2. The van der Waals surface area contributed by atoms with Gasteiger partial charge in [-0.25, -0.2) is 0 Å². The van der Waals surface area contributed by atoms with E-state index in [1.807, 2.05) is 0 Å². The molecule has 0 saturated heterocycles. The van der Waals surface area contributed by atoms with Crippen LogP contribution in [0.25, 0.3) is 21.9 Å². The van der Waals surface area contributed by atoms with Crippen LogP contribution in [0.15, 0.2) is 83.9 Å². The molecule has 32 heavy (non-hydrogen) atoms. The van der Waals surface area contributed by atoms with E-state index in [0.717, 1.165) is 5.90 Å². The van der Waals surface area contributed by atoms with Gasteiger partial charge in [0.2, 0.25) is 0 Å². The Morgan fingerprint density at radius 1 is 0.812 bits per heavy atom. The van der Waals surface area contributed by atoms with Gasteiger partial charge in [0.1, 0.15) is 0 Å². The van der Waals surface area contributed by atoms with Crippen LogP contribution in [0.1, 0.15) is 30.5 Å². The quantitative estimate of drug-likeness (QED) is 0.325. The van der Waals surface area contributed by atoms with E-state index in [1.165, 1.54) is 45.8 Å². The van der Waals surface area contributed by atoms with Crippen LogP contribution < -0.4 is 7.22 Å². The zero-order chi connectivity index (χ0) is 22.3. The summed E-state index contributed by atoms with van der Waals surface area (Å²) in [6.45, 7) is 9.25. The fourth-order valence-corrected chi connectivity index (χ4v) is 7.29. The van der Waals surface area contributed by atoms with E-state index in [1.54, 1.807) is 0 Å². The average Bonchev–Trinajstić information content (AvgIpc) is 3.12. The number of ether oxygens (including phenoxy) is 1. The molecule has 0 unspecified atom stereocenters. The van der Waals surface area contributed by atoms with Gasteiger partial charge in [-0.2, -0.15) is 0 Å². The van der Waals surface area contributed by atoms with Crippen molar-refractivity contribution in [3.05, 3.63) is 95.6 Å². The summed E-state index contributed by atoms with van der Waals surface area (Å²) in [6.07, 6.45) is 0. The summed E-state index contributed by atoms with van der Waals surface area (Å²) in [6, 6.07) is 28.8. The van der Waals surface area contributed by atoms with E-state index in [2.05, 4.69) is 107 Å². The number of hydrogen-bond donors (Lipinski definition) is 0. The van der Waals surface area contributed by atoms with Crippen LogP contribution in [0.5, 0.6) is 0 Å². The Hall–Kier alpha value is -2.60. The molecule has 0 N–H and O–H groups in total. The molecular weight excluding hydrogens is 506 g/mol. The summed E-state index contributed by atoms with van der Waals surface area (Å²) in [5.74, 6) is 0.797. The van der Waals surface area contributed by atoms with Gasteiger partial charge in [-0.05, 0) is 0 Å². The van der Waals surface area contributed by atoms with Crippen molar-refractivity contribution in [2.75, 3.05) is 6.61 Å². The second-order valence-corrected chi connectivity index (χ2v) is 12.3. The molecule has 0 aromatic heterocycles. The van der Waals surface area contributed by atoms with Gasteiger partial charge < -0.3 is 0 Å². The molecule has 3 heteroatoms. The van der Waals surface area contributed by atoms with Crippen molar-refractivity contribution in [3.8, 4) is 11.1 Å². The van der Waals surface area contributed by atoms with Crippen molar-refractivity contribution in [1.82, 2.24) is 0 Å². The molecule has 0 fully saturated rings. The standard InChI is InChI=1S/C29H27NOTe/c1-19-14-20(2)16-22(15-19)26-24-13-9-8-10-21(24)17-25(32-23-11-6-5-7-12-23)27(26)28-30-29(3,4)18-31-28/h5-17H,18H2,1-4H3. The molecule has 5 rings (SSSR count). The Balaban J connectivity index is 1.86. The summed E-state index contributed by atoms with van der Waals surface area (Å²) < 4.78 is 9.07. The fourth-order valence-electron chi connectivity index (χ4n) is 4.36. The van der Waals surface area contributed by atoms with Gasteiger partial charge in [0.05, 0.1) is 0 Å². The van der Waals surface area contributed by atoms with Crippen molar-refractivity contribution >= 4 is 44.8 Å². The monoisotopic (exact) mass is 535 g/mol. The maximum absolute atomic E-state index is 6.28. The first-order chi connectivity index (χ1) is 15.4. The van der Waals surface area contributed by atoms with Crippen LogP contribution in [-0.4, -0.2) is 39.0 Å². The van der Waals surface area contributed by atoms with Gasteiger partial charge in [0, 0.05) is 0 Å². The zero-order valence-electron chi connectivity index (χ0n) is 19.0. The Labute approximate surface area is 200 Å². The molecule has 0 spiro atoms. The summed E-state index contributed by atoms with van der Waals surface area (Å²) in [5.41, 5.74) is 6.02. The van der Waals surface area contributed by atoms with Crippen LogP contribution in [0.2, 0.25) is 0 Å². The maximum atomic E-state index is 6.28. The molecule has 0 saturated carbocycles. The molecule has 1 aliphatic rings. The topological polar surface area (TPSA) is 21.6 Å². The number of aryl methyl sites for hydroxylation is 2. The van der Waals surface area contributed by atoms with Crippen LogP contribution in [-0.2, 0) is 4.74 Å². The fraction of sp³-hybridized carbons (Fsp3) is 0.207. The molecule has 1 aliphatic heterocycles. The predicted octanol–water partition coefficient (Wildman–Crippen LogP) is 5.33. The second-order valence-electron chi connectivity index (χ2n) is 9.16. The summed E-state index contributed by atoms with van der Waals surface area (Å²) in [5, 5.41) is 2.53. The Bertz CT molecular complexity index is 1320. The SMILES string of the molecule is Cc1cc(C)cc(-c2c(C3=NC(C)(C)CO3)c([Te]c3ccccc3)cc3ccccc23)c1. The molecule has 0 amide bonds. The normalized spacial score (nSPS) is 14.9. The average molecular weight is 533 g/mol. The van der Waals surface area contributed by atoms with E-state index >= 15 is 0 Å². The van der Waals surface area contributed by atoms with Crippen LogP contribution in [0.4, 0.5) is 0 Å². The third-order valence-corrected chi connectivity index (χ3v) is 8.67. The van der Waals surface area contributed by atoms with Crippen molar-refractivity contribution in [3.63, 3.8) is 0 Å². The summed E-state index contributed by atoms with van der Waals surface area (Å²) in [4.78, 5) is 5.05. The molecule has 0 radical (unpaired) electrons. The van der Waals surface area contributed by atoms with Crippen LogP contribution >= 0.6 is 0 Å². The van der Waals surface area contributed by atoms with Crippen LogP contribution in [0.3, 0.4) is 0 Å². The number of rotatable bonds is 4.